The second-order valence-electron chi connectivity index (χ2n) is 3.86. The van der Waals surface area contributed by atoms with Crippen molar-refractivity contribution in [3.8, 4) is 11.6 Å². The van der Waals surface area contributed by atoms with Crippen LogP contribution in [0.2, 0.25) is 0 Å². The first kappa shape index (κ1) is 11.6. The lowest BCUT2D eigenvalue weighted by molar-refractivity contribution is 0.462. The van der Waals surface area contributed by atoms with E-state index in [0.29, 0.717) is 5.88 Å². The Balaban J connectivity index is 2.08. The molecule has 0 saturated carbocycles. The lowest BCUT2D eigenvalue weighted by atomic mass is 10.1. The van der Waals surface area contributed by atoms with Gasteiger partial charge in [-0.1, -0.05) is 31.2 Å². The summed E-state index contributed by atoms with van der Waals surface area (Å²) in [5, 5.41) is 0. The largest absolute Gasteiger partial charge is 0.439 e. The molecule has 0 amide bonds. The molecule has 1 heterocycles. The average Bonchev–Trinajstić information content (AvgIpc) is 2.40. The van der Waals surface area contributed by atoms with Gasteiger partial charge in [0.15, 0.2) is 0 Å². The molecule has 0 unspecified atom stereocenters. The van der Waals surface area contributed by atoms with E-state index in [2.05, 4.69) is 11.9 Å². The van der Waals surface area contributed by atoms with Gasteiger partial charge in [-0.15, -0.1) is 0 Å². The van der Waals surface area contributed by atoms with Gasteiger partial charge in [0, 0.05) is 18.3 Å². The van der Waals surface area contributed by atoms with Crippen molar-refractivity contribution in [2.45, 2.75) is 19.4 Å². The number of ether oxygens (including phenoxy) is 1. The van der Waals surface area contributed by atoms with Crippen molar-refractivity contribution >= 4 is 0 Å². The van der Waals surface area contributed by atoms with E-state index in [1.54, 1.807) is 6.20 Å². The number of aromatic nitrogens is 1. The van der Waals surface area contributed by atoms with E-state index in [0.717, 1.165) is 17.7 Å². The number of rotatable bonds is 4. The first-order valence-electron chi connectivity index (χ1n) is 5.74. The Hall–Kier alpha value is -1.87. The monoisotopic (exact) mass is 228 g/mol. The molecule has 0 aliphatic rings. The molecule has 3 nitrogen and oxygen atoms in total. The lowest BCUT2D eigenvalue weighted by Crippen LogP contribution is -2.08. The predicted octanol–water partition coefficient (Wildman–Crippen LogP) is 3.28. The third-order valence-electron chi connectivity index (χ3n) is 2.59. The Kier molecular flexibility index (Phi) is 3.73. The molecule has 0 radical (unpaired) electrons. The summed E-state index contributed by atoms with van der Waals surface area (Å²) in [4.78, 5) is 4.24. The van der Waals surface area contributed by atoms with Crippen LogP contribution in [0.25, 0.3) is 0 Å². The lowest BCUT2D eigenvalue weighted by Gasteiger charge is -2.09. The van der Waals surface area contributed by atoms with Gasteiger partial charge in [0.05, 0.1) is 0 Å². The average molecular weight is 228 g/mol. The minimum atomic E-state index is 0.0493. The van der Waals surface area contributed by atoms with Gasteiger partial charge in [-0.05, 0) is 24.1 Å². The number of benzene rings is 1. The van der Waals surface area contributed by atoms with Crippen molar-refractivity contribution in [1.82, 2.24) is 4.98 Å². The molecule has 0 spiro atoms. The van der Waals surface area contributed by atoms with Crippen LogP contribution in [0.15, 0.2) is 48.7 Å². The summed E-state index contributed by atoms with van der Waals surface area (Å²) in [6.45, 7) is 2.05. The van der Waals surface area contributed by atoms with Crippen molar-refractivity contribution in [2.24, 2.45) is 5.73 Å². The molecule has 0 aliphatic heterocycles. The Morgan fingerprint density at radius 1 is 1.18 bits per heavy atom. The van der Waals surface area contributed by atoms with E-state index in [9.17, 15) is 0 Å². The molecule has 2 rings (SSSR count). The second-order valence-corrected chi connectivity index (χ2v) is 3.86. The summed E-state index contributed by atoms with van der Waals surface area (Å²) < 4.78 is 5.59. The maximum absolute atomic E-state index is 5.92. The Morgan fingerprint density at radius 3 is 2.53 bits per heavy atom. The smallest absolute Gasteiger partial charge is 0.219 e. The van der Waals surface area contributed by atoms with Crippen LogP contribution in [-0.2, 0) is 0 Å². The fourth-order valence-electron chi connectivity index (χ4n) is 1.52. The van der Waals surface area contributed by atoms with Crippen LogP contribution >= 0.6 is 0 Å². The van der Waals surface area contributed by atoms with Crippen LogP contribution in [0, 0.1) is 0 Å². The van der Waals surface area contributed by atoms with Crippen LogP contribution in [0.5, 0.6) is 11.6 Å². The predicted molar refractivity (Wildman–Crippen MR) is 68.0 cm³/mol. The maximum atomic E-state index is 5.92. The molecule has 0 bridgehead atoms. The highest BCUT2D eigenvalue weighted by Crippen LogP contribution is 2.20. The number of hydrogen-bond donors (Lipinski definition) is 1. The molecule has 1 aromatic heterocycles. The number of nitrogens with zero attached hydrogens (tertiary/aromatic N) is 1. The van der Waals surface area contributed by atoms with Crippen LogP contribution in [0.4, 0.5) is 0 Å². The third-order valence-corrected chi connectivity index (χ3v) is 2.59. The normalized spacial score (nSPS) is 12.1. The molecule has 2 N–H and O–H groups in total. The molecule has 0 aliphatic carbocycles. The standard InChI is InChI=1S/C14H16N2O/c1-2-13(15)11-8-9-14(16-10-11)17-12-6-4-3-5-7-12/h3-10,13H,2,15H2,1H3/t13-/m1/s1. The van der Waals surface area contributed by atoms with Gasteiger partial charge in [-0.2, -0.15) is 0 Å². The fourth-order valence-corrected chi connectivity index (χ4v) is 1.52. The highest BCUT2D eigenvalue weighted by Gasteiger charge is 2.04. The first-order valence-corrected chi connectivity index (χ1v) is 5.74. The summed E-state index contributed by atoms with van der Waals surface area (Å²) in [6.07, 6.45) is 2.67. The summed E-state index contributed by atoms with van der Waals surface area (Å²) in [5.74, 6) is 1.37. The van der Waals surface area contributed by atoms with E-state index in [4.69, 9.17) is 10.5 Å². The Bertz CT molecular complexity index is 453. The van der Waals surface area contributed by atoms with Crippen molar-refractivity contribution in [3.63, 3.8) is 0 Å². The summed E-state index contributed by atoms with van der Waals surface area (Å²) in [6, 6.07) is 13.4. The number of nitrogens with two attached hydrogens (primary N) is 1. The van der Waals surface area contributed by atoms with Gasteiger partial charge in [0.1, 0.15) is 5.75 Å². The zero-order valence-electron chi connectivity index (χ0n) is 9.84. The van der Waals surface area contributed by atoms with E-state index >= 15 is 0 Å². The SMILES string of the molecule is CC[C@@H](N)c1ccc(Oc2ccccc2)nc1. The van der Waals surface area contributed by atoms with Gasteiger partial charge in [0.2, 0.25) is 5.88 Å². The molecular weight excluding hydrogens is 212 g/mol. The zero-order chi connectivity index (χ0) is 12.1. The summed E-state index contributed by atoms with van der Waals surface area (Å²) in [5.41, 5.74) is 6.95. The van der Waals surface area contributed by atoms with E-state index < -0.39 is 0 Å². The highest BCUT2D eigenvalue weighted by atomic mass is 16.5. The third kappa shape index (κ3) is 3.04. The van der Waals surface area contributed by atoms with Crippen LogP contribution in [-0.4, -0.2) is 4.98 Å². The fraction of sp³-hybridized carbons (Fsp3) is 0.214. The molecule has 3 heteroatoms. The number of pyridine rings is 1. The van der Waals surface area contributed by atoms with E-state index in [1.807, 2.05) is 42.5 Å². The molecule has 17 heavy (non-hydrogen) atoms. The van der Waals surface area contributed by atoms with Gasteiger partial charge in [0.25, 0.3) is 0 Å². The Morgan fingerprint density at radius 2 is 1.94 bits per heavy atom. The number of hydrogen-bond acceptors (Lipinski definition) is 3. The quantitative estimate of drug-likeness (QED) is 0.873. The van der Waals surface area contributed by atoms with Crippen molar-refractivity contribution in [1.29, 1.82) is 0 Å². The summed E-state index contributed by atoms with van der Waals surface area (Å²) >= 11 is 0. The van der Waals surface area contributed by atoms with Gasteiger partial charge in [-0.3, -0.25) is 0 Å². The van der Waals surface area contributed by atoms with Crippen molar-refractivity contribution < 1.29 is 4.74 Å². The van der Waals surface area contributed by atoms with Crippen molar-refractivity contribution in [3.05, 3.63) is 54.2 Å². The van der Waals surface area contributed by atoms with Crippen LogP contribution in [0.3, 0.4) is 0 Å². The molecule has 1 atom stereocenters. The second kappa shape index (κ2) is 5.46. The van der Waals surface area contributed by atoms with E-state index in [-0.39, 0.29) is 6.04 Å². The molecule has 1 aromatic carbocycles. The summed E-state index contributed by atoms with van der Waals surface area (Å²) in [7, 11) is 0. The molecule has 2 aromatic rings. The minimum Gasteiger partial charge on any atom is -0.439 e. The molecular formula is C14H16N2O. The molecule has 0 saturated heterocycles. The number of para-hydroxylation sites is 1. The minimum absolute atomic E-state index is 0.0493. The van der Waals surface area contributed by atoms with Crippen LogP contribution < -0.4 is 10.5 Å². The Labute approximate surface area is 101 Å². The molecule has 88 valence electrons. The molecule has 0 fully saturated rings. The van der Waals surface area contributed by atoms with Gasteiger partial charge >= 0.3 is 0 Å². The highest BCUT2D eigenvalue weighted by molar-refractivity contribution is 5.28. The first-order chi connectivity index (χ1) is 8.29. The van der Waals surface area contributed by atoms with Crippen LogP contribution in [0.1, 0.15) is 24.9 Å². The van der Waals surface area contributed by atoms with E-state index in [1.165, 1.54) is 0 Å². The van der Waals surface area contributed by atoms with Crippen molar-refractivity contribution in [2.75, 3.05) is 0 Å². The maximum Gasteiger partial charge on any atom is 0.219 e. The zero-order valence-corrected chi connectivity index (χ0v) is 9.84. The van der Waals surface area contributed by atoms with Gasteiger partial charge < -0.3 is 10.5 Å². The topological polar surface area (TPSA) is 48.1 Å². The van der Waals surface area contributed by atoms with Gasteiger partial charge in [-0.25, -0.2) is 4.98 Å².